The van der Waals surface area contributed by atoms with Crippen molar-refractivity contribution < 1.29 is 0 Å². The number of aryl methyl sites for hydroxylation is 1. The van der Waals surface area contributed by atoms with Crippen molar-refractivity contribution in [1.29, 1.82) is 0 Å². The maximum Gasteiger partial charge on any atom is 0.159 e. The molecule has 0 N–H and O–H groups in total. The fourth-order valence-corrected chi connectivity index (χ4v) is 1.06. The highest BCUT2D eigenvalue weighted by atomic mass is 14.9. The van der Waals surface area contributed by atoms with Gasteiger partial charge in [0.2, 0.25) is 0 Å². The molecule has 0 saturated carbocycles. The maximum absolute atomic E-state index is 4.31. The lowest BCUT2D eigenvalue weighted by atomic mass is 10.2. The van der Waals surface area contributed by atoms with E-state index in [2.05, 4.69) is 23.1 Å². The van der Waals surface area contributed by atoms with Crippen molar-refractivity contribution in [3.05, 3.63) is 67.3 Å². The lowest BCUT2D eigenvalue weighted by Crippen LogP contribution is -1.93. The monoisotopic (exact) mass is 198 g/mol. The third-order valence-electron chi connectivity index (χ3n) is 1.80. The van der Waals surface area contributed by atoms with Gasteiger partial charge in [0.05, 0.1) is 0 Å². The van der Waals surface area contributed by atoms with Crippen LogP contribution in [0.2, 0.25) is 0 Å². The van der Waals surface area contributed by atoms with E-state index in [0.29, 0.717) is 5.82 Å². The summed E-state index contributed by atoms with van der Waals surface area (Å²) in [4.78, 5) is 8.49. The van der Waals surface area contributed by atoms with Crippen molar-refractivity contribution in [1.82, 2.24) is 9.97 Å². The molecule has 0 aliphatic carbocycles. The summed E-state index contributed by atoms with van der Waals surface area (Å²) in [7, 11) is 0. The lowest BCUT2D eigenvalue weighted by molar-refractivity contribution is 1.07. The van der Waals surface area contributed by atoms with Gasteiger partial charge in [0.1, 0.15) is 0 Å². The highest BCUT2D eigenvalue weighted by Crippen LogP contribution is 2.10. The molecule has 2 heteroatoms. The van der Waals surface area contributed by atoms with E-state index in [1.165, 1.54) is 0 Å². The third-order valence-corrected chi connectivity index (χ3v) is 1.80. The van der Waals surface area contributed by atoms with Gasteiger partial charge in [0.25, 0.3) is 0 Å². The van der Waals surface area contributed by atoms with Crippen LogP contribution in [0.3, 0.4) is 0 Å². The summed E-state index contributed by atoms with van der Waals surface area (Å²) < 4.78 is 0. The number of nitrogens with zero attached hydrogens (tertiary/aromatic N) is 2. The summed E-state index contributed by atoms with van der Waals surface area (Å²) in [6.45, 7) is 9.27. The summed E-state index contributed by atoms with van der Waals surface area (Å²) in [5.41, 5.74) is 1.84. The van der Waals surface area contributed by atoms with E-state index in [1.54, 1.807) is 18.3 Å². The number of hydrogen-bond donors (Lipinski definition) is 0. The largest absolute Gasteiger partial charge is 0.237 e. The molecule has 0 amide bonds. The first-order chi connectivity index (χ1) is 7.27. The second-order valence-corrected chi connectivity index (χ2v) is 2.97. The highest BCUT2D eigenvalue weighted by molar-refractivity contribution is 5.70. The summed E-state index contributed by atoms with van der Waals surface area (Å²) in [6.07, 6.45) is 10.8. The Morgan fingerprint density at radius 2 is 2.13 bits per heavy atom. The van der Waals surface area contributed by atoms with Gasteiger partial charge in [-0.15, -0.1) is 0 Å². The molecule has 0 aliphatic heterocycles. The SMILES string of the molecule is C=C/C=C\C=C(/C=C)c1nccc(C)n1. The van der Waals surface area contributed by atoms with Crippen LogP contribution >= 0.6 is 0 Å². The van der Waals surface area contributed by atoms with E-state index in [9.17, 15) is 0 Å². The minimum atomic E-state index is 0.693. The topological polar surface area (TPSA) is 25.8 Å². The van der Waals surface area contributed by atoms with Gasteiger partial charge in [-0.2, -0.15) is 0 Å². The maximum atomic E-state index is 4.31. The van der Waals surface area contributed by atoms with Crippen LogP contribution in [0.5, 0.6) is 0 Å². The quantitative estimate of drug-likeness (QED) is 0.695. The average Bonchev–Trinajstić information content (AvgIpc) is 2.24. The van der Waals surface area contributed by atoms with E-state index in [4.69, 9.17) is 0 Å². The van der Waals surface area contributed by atoms with Crippen LogP contribution in [0.25, 0.3) is 5.57 Å². The first-order valence-corrected chi connectivity index (χ1v) is 4.69. The molecular weight excluding hydrogens is 184 g/mol. The third kappa shape index (κ3) is 3.35. The molecule has 0 aliphatic rings. The molecule has 76 valence electrons. The Morgan fingerprint density at radius 3 is 2.73 bits per heavy atom. The first-order valence-electron chi connectivity index (χ1n) is 4.69. The van der Waals surface area contributed by atoms with E-state index >= 15 is 0 Å². The molecule has 1 heterocycles. The molecule has 15 heavy (non-hydrogen) atoms. The van der Waals surface area contributed by atoms with Crippen molar-refractivity contribution >= 4 is 5.57 Å². The van der Waals surface area contributed by atoms with Crippen molar-refractivity contribution in [2.75, 3.05) is 0 Å². The van der Waals surface area contributed by atoms with Crippen molar-refractivity contribution in [3.8, 4) is 0 Å². The fourth-order valence-electron chi connectivity index (χ4n) is 1.06. The van der Waals surface area contributed by atoms with Gasteiger partial charge < -0.3 is 0 Å². The Balaban J connectivity index is 3.02. The smallest absolute Gasteiger partial charge is 0.159 e. The molecule has 0 spiro atoms. The molecular formula is C13H14N2. The van der Waals surface area contributed by atoms with Crippen LogP contribution in [-0.4, -0.2) is 9.97 Å². The Hall–Kier alpha value is -1.96. The second-order valence-electron chi connectivity index (χ2n) is 2.97. The second kappa shape index (κ2) is 5.70. The van der Waals surface area contributed by atoms with E-state index in [-0.39, 0.29) is 0 Å². The lowest BCUT2D eigenvalue weighted by Gasteiger charge is -1.99. The molecule has 0 bridgehead atoms. The molecule has 1 rings (SSSR count). The molecule has 0 fully saturated rings. The van der Waals surface area contributed by atoms with Crippen molar-refractivity contribution in [3.63, 3.8) is 0 Å². The van der Waals surface area contributed by atoms with E-state index in [1.807, 2.05) is 31.2 Å². The molecule has 0 radical (unpaired) electrons. The van der Waals surface area contributed by atoms with Gasteiger partial charge in [-0.25, -0.2) is 9.97 Å². The molecule has 1 aromatic rings. The Morgan fingerprint density at radius 1 is 1.33 bits per heavy atom. The zero-order valence-corrected chi connectivity index (χ0v) is 8.85. The van der Waals surface area contributed by atoms with Crippen LogP contribution in [0, 0.1) is 6.92 Å². The molecule has 0 atom stereocenters. The van der Waals surface area contributed by atoms with Crippen LogP contribution in [0.4, 0.5) is 0 Å². The predicted molar refractivity (Wildman–Crippen MR) is 64.3 cm³/mol. The molecule has 0 unspecified atom stereocenters. The number of rotatable bonds is 4. The molecule has 1 aromatic heterocycles. The van der Waals surface area contributed by atoms with Gasteiger partial charge in [0.15, 0.2) is 5.82 Å². The predicted octanol–water partition coefficient (Wildman–Crippen LogP) is 3.10. The number of allylic oxidation sites excluding steroid dienone is 6. The summed E-state index contributed by atoms with van der Waals surface area (Å²) in [6, 6.07) is 1.86. The summed E-state index contributed by atoms with van der Waals surface area (Å²) >= 11 is 0. The summed E-state index contributed by atoms with van der Waals surface area (Å²) in [5, 5.41) is 0. The number of hydrogen-bond acceptors (Lipinski definition) is 2. The Labute approximate surface area is 90.4 Å². The first kappa shape index (κ1) is 11.1. The van der Waals surface area contributed by atoms with Gasteiger partial charge in [0, 0.05) is 17.5 Å². The minimum absolute atomic E-state index is 0.693. The van der Waals surface area contributed by atoms with Crippen LogP contribution in [0.1, 0.15) is 11.5 Å². The van der Waals surface area contributed by atoms with Crippen molar-refractivity contribution in [2.24, 2.45) is 0 Å². The molecule has 2 nitrogen and oxygen atoms in total. The zero-order valence-electron chi connectivity index (χ0n) is 8.85. The van der Waals surface area contributed by atoms with Gasteiger partial charge in [-0.3, -0.25) is 0 Å². The van der Waals surface area contributed by atoms with Gasteiger partial charge in [-0.05, 0) is 13.0 Å². The fraction of sp³-hybridized carbons (Fsp3) is 0.0769. The normalized spacial score (nSPS) is 11.7. The average molecular weight is 198 g/mol. The Bertz CT molecular complexity index is 414. The zero-order chi connectivity index (χ0) is 11.1. The Kier molecular flexibility index (Phi) is 4.23. The summed E-state index contributed by atoms with van der Waals surface area (Å²) in [5.74, 6) is 0.693. The molecule has 0 saturated heterocycles. The molecule has 0 aromatic carbocycles. The van der Waals surface area contributed by atoms with Crippen LogP contribution in [0.15, 0.2) is 55.8 Å². The van der Waals surface area contributed by atoms with Gasteiger partial charge in [-0.1, -0.05) is 43.5 Å². The van der Waals surface area contributed by atoms with Crippen LogP contribution in [-0.2, 0) is 0 Å². The van der Waals surface area contributed by atoms with E-state index in [0.717, 1.165) is 11.3 Å². The highest BCUT2D eigenvalue weighted by Gasteiger charge is 1.98. The standard InChI is InChI=1S/C13H14N2/c1-4-6-7-8-12(5-2)13-14-10-9-11(3)15-13/h4-10H,1-2H2,3H3/b7-6-,12-8+. The number of aromatic nitrogens is 2. The van der Waals surface area contributed by atoms with Crippen molar-refractivity contribution in [2.45, 2.75) is 6.92 Å². The van der Waals surface area contributed by atoms with E-state index < -0.39 is 0 Å². The minimum Gasteiger partial charge on any atom is -0.237 e. The van der Waals surface area contributed by atoms with Gasteiger partial charge >= 0.3 is 0 Å². The van der Waals surface area contributed by atoms with Crippen LogP contribution < -0.4 is 0 Å².